The van der Waals surface area contributed by atoms with E-state index in [2.05, 4.69) is 44.1 Å². The molecule has 0 aromatic carbocycles. The average Bonchev–Trinajstić information content (AvgIpc) is 2.56. The second-order valence-electron chi connectivity index (χ2n) is 6.24. The fourth-order valence-corrected chi connectivity index (χ4v) is 9.48. The molecule has 1 fully saturated rings. The molecule has 1 aliphatic rings. The number of nitrogens with zero attached hydrogens (tertiary/aromatic N) is 2. The molecular formula is C16H38N2O2Si2. The monoisotopic (exact) mass is 346 g/mol. The SMILES string of the molecule is CCO[SiH](CCN1CCN([Si](CC)(CC)CC)CC1)OCC. The van der Waals surface area contributed by atoms with E-state index in [-0.39, 0.29) is 0 Å². The summed E-state index contributed by atoms with van der Waals surface area (Å²) in [5, 5.41) is 0. The minimum absolute atomic E-state index is 0.794. The van der Waals surface area contributed by atoms with Gasteiger partial charge in [0.1, 0.15) is 8.24 Å². The maximum absolute atomic E-state index is 5.79. The molecule has 1 saturated heterocycles. The summed E-state index contributed by atoms with van der Waals surface area (Å²) in [4.78, 5) is 2.62. The van der Waals surface area contributed by atoms with Crippen LogP contribution in [0.25, 0.3) is 0 Å². The highest BCUT2D eigenvalue weighted by molar-refractivity contribution is 6.77. The van der Waals surface area contributed by atoms with Crippen molar-refractivity contribution in [2.45, 2.75) is 58.8 Å². The maximum atomic E-state index is 5.79. The first-order valence-electron chi connectivity index (χ1n) is 9.36. The van der Waals surface area contributed by atoms with E-state index in [1.54, 1.807) is 0 Å². The molecule has 1 aliphatic heterocycles. The van der Waals surface area contributed by atoms with Crippen molar-refractivity contribution in [3.63, 3.8) is 0 Å². The summed E-state index contributed by atoms with van der Waals surface area (Å²) in [6, 6.07) is 5.34. The Kier molecular flexibility index (Phi) is 10.1. The Labute approximate surface area is 141 Å². The van der Waals surface area contributed by atoms with Gasteiger partial charge in [0, 0.05) is 45.4 Å². The summed E-state index contributed by atoms with van der Waals surface area (Å²) >= 11 is 0. The Bertz CT molecular complexity index is 269. The van der Waals surface area contributed by atoms with Gasteiger partial charge in [-0.05, 0) is 38.5 Å². The van der Waals surface area contributed by atoms with Gasteiger partial charge in [0.25, 0.3) is 0 Å². The van der Waals surface area contributed by atoms with Crippen LogP contribution in [0, 0.1) is 0 Å². The first-order chi connectivity index (χ1) is 10.7. The molecule has 0 aliphatic carbocycles. The number of rotatable bonds is 11. The van der Waals surface area contributed by atoms with Gasteiger partial charge in [-0.15, -0.1) is 0 Å². The zero-order valence-electron chi connectivity index (χ0n) is 15.6. The molecule has 0 aromatic heterocycles. The highest BCUT2D eigenvalue weighted by atomic mass is 28.3. The topological polar surface area (TPSA) is 24.9 Å². The molecule has 0 aromatic rings. The van der Waals surface area contributed by atoms with Gasteiger partial charge in [-0.2, -0.15) is 0 Å². The third-order valence-electron chi connectivity index (χ3n) is 5.40. The van der Waals surface area contributed by atoms with Crippen LogP contribution in [0.2, 0.25) is 24.2 Å². The molecule has 6 heteroatoms. The van der Waals surface area contributed by atoms with E-state index >= 15 is 0 Å². The molecule has 0 atom stereocenters. The summed E-state index contributed by atoms with van der Waals surface area (Å²) in [6.07, 6.45) is 0. The predicted molar refractivity (Wildman–Crippen MR) is 100 cm³/mol. The minimum atomic E-state index is -1.42. The molecule has 132 valence electrons. The van der Waals surface area contributed by atoms with E-state index in [1.807, 2.05) is 0 Å². The lowest BCUT2D eigenvalue weighted by Crippen LogP contribution is -2.59. The summed E-state index contributed by atoms with van der Waals surface area (Å²) in [5.41, 5.74) is 0. The van der Waals surface area contributed by atoms with Crippen LogP contribution in [0.1, 0.15) is 34.6 Å². The van der Waals surface area contributed by atoms with Crippen molar-refractivity contribution >= 4 is 17.5 Å². The molecule has 0 unspecified atom stereocenters. The number of piperazine rings is 1. The van der Waals surface area contributed by atoms with Crippen molar-refractivity contribution < 1.29 is 8.85 Å². The van der Waals surface area contributed by atoms with Gasteiger partial charge in [0.2, 0.25) is 0 Å². The van der Waals surface area contributed by atoms with Crippen LogP contribution in [0.3, 0.4) is 0 Å². The van der Waals surface area contributed by atoms with Crippen molar-refractivity contribution in [3.8, 4) is 0 Å². The zero-order valence-corrected chi connectivity index (χ0v) is 17.7. The van der Waals surface area contributed by atoms with Crippen molar-refractivity contribution in [1.82, 2.24) is 9.47 Å². The van der Waals surface area contributed by atoms with Gasteiger partial charge >= 0.3 is 9.28 Å². The molecule has 0 saturated carbocycles. The summed E-state index contributed by atoms with van der Waals surface area (Å²) in [7, 11) is -2.57. The van der Waals surface area contributed by atoms with Crippen LogP contribution >= 0.6 is 0 Å². The van der Waals surface area contributed by atoms with Gasteiger partial charge in [0.15, 0.2) is 0 Å². The summed E-state index contributed by atoms with van der Waals surface area (Å²) in [5.74, 6) is 0. The van der Waals surface area contributed by atoms with Crippen LogP contribution in [0.4, 0.5) is 0 Å². The molecule has 4 nitrogen and oxygen atoms in total. The molecule has 0 radical (unpaired) electrons. The second kappa shape index (κ2) is 10.9. The molecule has 0 N–H and O–H groups in total. The normalized spacial score (nSPS) is 18.3. The van der Waals surface area contributed by atoms with Crippen LogP contribution in [-0.4, -0.2) is 72.9 Å². The Balaban J connectivity index is 2.38. The Hall–Kier alpha value is 0.274. The lowest BCUT2D eigenvalue weighted by molar-refractivity contribution is 0.174. The van der Waals surface area contributed by atoms with E-state index in [0.717, 1.165) is 25.8 Å². The molecule has 0 spiro atoms. The lowest BCUT2D eigenvalue weighted by Gasteiger charge is -2.46. The van der Waals surface area contributed by atoms with Gasteiger partial charge in [-0.1, -0.05) is 20.8 Å². The first-order valence-corrected chi connectivity index (χ1v) is 13.7. The van der Waals surface area contributed by atoms with Gasteiger partial charge in [-0.3, -0.25) is 0 Å². The molecule has 0 amide bonds. The maximum Gasteiger partial charge on any atom is 0.322 e. The third-order valence-corrected chi connectivity index (χ3v) is 13.3. The number of hydrogen-bond acceptors (Lipinski definition) is 4. The fraction of sp³-hybridized carbons (Fsp3) is 1.00. The Morgan fingerprint density at radius 3 is 1.73 bits per heavy atom. The summed E-state index contributed by atoms with van der Waals surface area (Å²) in [6.45, 7) is 19.1. The average molecular weight is 347 g/mol. The minimum Gasteiger partial charge on any atom is -0.397 e. The van der Waals surface area contributed by atoms with E-state index in [4.69, 9.17) is 8.85 Å². The molecule has 1 heterocycles. The van der Waals surface area contributed by atoms with Crippen LogP contribution in [0.15, 0.2) is 0 Å². The van der Waals surface area contributed by atoms with Crippen LogP contribution in [0.5, 0.6) is 0 Å². The predicted octanol–water partition coefficient (Wildman–Crippen LogP) is 2.90. The van der Waals surface area contributed by atoms with Crippen molar-refractivity contribution in [2.75, 3.05) is 45.9 Å². The van der Waals surface area contributed by atoms with E-state index in [0.29, 0.717) is 0 Å². The molecular weight excluding hydrogens is 308 g/mol. The van der Waals surface area contributed by atoms with Crippen LogP contribution < -0.4 is 0 Å². The highest BCUT2D eigenvalue weighted by Gasteiger charge is 2.36. The quantitative estimate of drug-likeness (QED) is 0.537. The van der Waals surface area contributed by atoms with E-state index in [1.165, 1.54) is 44.3 Å². The second-order valence-corrected chi connectivity index (χ2v) is 13.5. The van der Waals surface area contributed by atoms with Crippen molar-refractivity contribution in [1.29, 1.82) is 0 Å². The first kappa shape index (κ1) is 20.3. The van der Waals surface area contributed by atoms with Gasteiger partial charge in [-0.25, -0.2) is 0 Å². The van der Waals surface area contributed by atoms with Gasteiger partial charge in [0.05, 0.1) is 0 Å². The van der Waals surface area contributed by atoms with Crippen molar-refractivity contribution in [2.24, 2.45) is 0 Å². The Morgan fingerprint density at radius 2 is 1.32 bits per heavy atom. The zero-order chi connectivity index (χ0) is 16.4. The molecule has 0 bridgehead atoms. The number of hydrogen-bond donors (Lipinski definition) is 0. The van der Waals surface area contributed by atoms with E-state index in [9.17, 15) is 0 Å². The van der Waals surface area contributed by atoms with E-state index < -0.39 is 17.5 Å². The summed E-state index contributed by atoms with van der Waals surface area (Å²) < 4.78 is 14.5. The third kappa shape index (κ3) is 5.72. The largest absolute Gasteiger partial charge is 0.397 e. The highest BCUT2D eigenvalue weighted by Crippen LogP contribution is 2.26. The Morgan fingerprint density at radius 1 is 0.818 bits per heavy atom. The fourth-order valence-electron chi connectivity index (χ4n) is 3.74. The van der Waals surface area contributed by atoms with Gasteiger partial charge < -0.3 is 18.3 Å². The van der Waals surface area contributed by atoms with Crippen LogP contribution in [-0.2, 0) is 8.85 Å². The molecule has 1 rings (SSSR count). The van der Waals surface area contributed by atoms with Crippen molar-refractivity contribution in [3.05, 3.63) is 0 Å². The lowest BCUT2D eigenvalue weighted by atomic mass is 10.4. The standard InChI is InChI=1S/C16H38N2O2Si2/c1-6-19-21(20-7-2)16-15-17-11-13-18(14-12-17)22(8-3,9-4)10-5/h21H,6-16H2,1-5H3. The smallest absolute Gasteiger partial charge is 0.322 e. The molecule has 22 heavy (non-hydrogen) atoms.